The van der Waals surface area contributed by atoms with Crippen LogP contribution in [0.3, 0.4) is 0 Å². The van der Waals surface area contributed by atoms with Crippen LogP contribution in [0, 0.1) is 0 Å². The average molecular weight is 384 g/mol. The van der Waals surface area contributed by atoms with Crippen molar-refractivity contribution >= 4 is 32.5 Å². The topological polar surface area (TPSA) is 92.3 Å². The summed E-state index contributed by atoms with van der Waals surface area (Å²) in [7, 11) is 0.146. The lowest BCUT2D eigenvalue weighted by molar-refractivity contribution is 0.0963. The Labute approximate surface area is 158 Å². The van der Waals surface area contributed by atoms with Crippen LogP contribution in [-0.4, -0.2) is 44.6 Å². The van der Waals surface area contributed by atoms with Gasteiger partial charge in [-0.05, 0) is 35.9 Å². The molecule has 1 aromatic heterocycles. The molecule has 0 aliphatic carbocycles. The van der Waals surface area contributed by atoms with Gasteiger partial charge in [0, 0.05) is 37.8 Å². The first kappa shape index (κ1) is 18.8. The van der Waals surface area contributed by atoms with Crippen LogP contribution in [0.15, 0.2) is 53.7 Å². The Morgan fingerprint density at radius 2 is 1.81 bits per heavy atom. The van der Waals surface area contributed by atoms with Crippen molar-refractivity contribution in [3.8, 4) is 0 Å². The molecule has 0 atom stereocenters. The molecule has 3 rings (SSSR count). The average Bonchev–Trinajstić information content (AvgIpc) is 2.66. The number of amides is 1. The van der Waals surface area contributed by atoms with Gasteiger partial charge in [-0.15, -0.1) is 0 Å². The lowest BCUT2D eigenvalue weighted by atomic mass is 10.1. The largest absolute Gasteiger partial charge is 0.355 e. The number of rotatable bonds is 5. The molecule has 0 spiro atoms. The molecule has 1 amide bonds. The molecule has 2 aromatic carbocycles. The monoisotopic (exact) mass is 384 g/mol. The van der Waals surface area contributed by atoms with Crippen LogP contribution < -0.4 is 10.2 Å². The minimum atomic E-state index is -3.32. The fraction of sp³-hybridized carbons (Fsp3) is 0.211. The van der Waals surface area contributed by atoms with Crippen LogP contribution in [0.25, 0.3) is 10.9 Å². The summed E-state index contributed by atoms with van der Waals surface area (Å²) in [5.74, 6) is 0.505. The number of anilines is 1. The van der Waals surface area contributed by atoms with Gasteiger partial charge in [-0.3, -0.25) is 4.79 Å². The Balaban J connectivity index is 1.93. The number of aromatic nitrogens is 2. The van der Waals surface area contributed by atoms with Crippen molar-refractivity contribution < 1.29 is 13.2 Å². The van der Waals surface area contributed by atoms with Crippen LogP contribution in [0.4, 0.5) is 5.82 Å². The first-order chi connectivity index (χ1) is 12.8. The third-order valence-corrected chi connectivity index (χ3v) is 5.35. The SMILES string of the molecule is CNC(=O)c1ccc(CN(C)c2ncnc3ccc(S(C)(=O)=O)cc23)cc1. The number of carbonyl (C=O) groups excluding carboxylic acids is 1. The van der Waals surface area contributed by atoms with E-state index < -0.39 is 9.84 Å². The Hall–Kier alpha value is -3.00. The molecule has 1 N–H and O–H groups in total. The standard InChI is InChI=1S/C19H20N4O3S/c1-20-19(24)14-6-4-13(5-7-14)11-23(2)18-16-10-15(27(3,25)26)8-9-17(16)21-12-22-18/h4-10,12H,11H2,1-3H3,(H,20,24). The van der Waals surface area contributed by atoms with Gasteiger partial charge in [0.1, 0.15) is 12.1 Å². The molecular formula is C19H20N4O3S. The molecule has 3 aromatic rings. The normalized spacial score (nSPS) is 11.4. The van der Waals surface area contributed by atoms with Gasteiger partial charge < -0.3 is 10.2 Å². The summed E-state index contributed by atoms with van der Waals surface area (Å²) in [6.45, 7) is 0.545. The van der Waals surface area contributed by atoms with Gasteiger partial charge in [-0.1, -0.05) is 12.1 Å². The molecule has 0 bridgehead atoms. The van der Waals surface area contributed by atoms with Gasteiger partial charge in [0.15, 0.2) is 9.84 Å². The van der Waals surface area contributed by atoms with E-state index >= 15 is 0 Å². The molecule has 0 saturated carbocycles. The summed E-state index contributed by atoms with van der Waals surface area (Å²) in [5.41, 5.74) is 2.26. The maximum absolute atomic E-state index is 11.9. The number of hydrogen-bond donors (Lipinski definition) is 1. The van der Waals surface area contributed by atoms with E-state index in [1.807, 2.05) is 24.1 Å². The van der Waals surface area contributed by atoms with Gasteiger partial charge in [0.2, 0.25) is 0 Å². The fourth-order valence-electron chi connectivity index (χ4n) is 2.81. The highest BCUT2D eigenvalue weighted by Crippen LogP contribution is 2.26. The number of hydrogen-bond acceptors (Lipinski definition) is 6. The number of sulfone groups is 1. The van der Waals surface area contributed by atoms with Gasteiger partial charge in [-0.2, -0.15) is 0 Å². The molecule has 0 aliphatic rings. The molecule has 0 radical (unpaired) electrons. The van der Waals surface area contributed by atoms with E-state index in [1.54, 1.807) is 37.4 Å². The van der Waals surface area contributed by atoms with E-state index in [2.05, 4.69) is 15.3 Å². The zero-order chi connectivity index (χ0) is 19.6. The first-order valence-corrected chi connectivity index (χ1v) is 10.2. The zero-order valence-corrected chi connectivity index (χ0v) is 16.1. The van der Waals surface area contributed by atoms with Gasteiger partial charge in [-0.25, -0.2) is 18.4 Å². The van der Waals surface area contributed by atoms with Crippen molar-refractivity contribution in [2.75, 3.05) is 25.3 Å². The Bertz CT molecular complexity index is 1100. The van der Waals surface area contributed by atoms with E-state index in [9.17, 15) is 13.2 Å². The van der Waals surface area contributed by atoms with Crippen molar-refractivity contribution in [2.45, 2.75) is 11.4 Å². The minimum absolute atomic E-state index is 0.134. The lowest BCUT2D eigenvalue weighted by Gasteiger charge is -2.20. The molecule has 1 heterocycles. The molecular weight excluding hydrogens is 364 g/mol. The van der Waals surface area contributed by atoms with Crippen LogP contribution in [0.1, 0.15) is 15.9 Å². The van der Waals surface area contributed by atoms with Crippen molar-refractivity contribution in [1.29, 1.82) is 0 Å². The maximum atomic E-state index is 11.9. The van der Waals surface area contributed by atoms with Gasteiger partial charge in [0.05, 0.1) is 10.4 Å². The molecule has 7 nitrogen and oxygen atoms in total. The second-order valence-electron chi connectivity index (χ2n) is 6.28. The third kappa shape index (κ3) is 4.06. The maximum Gasteiger partial charge on any atom is 0.251 e. The molecule has 0 unspecified atom stereocenters. The smallest absolute Gasteiger partial charge is 0.251 e. The summed E-state index contributed by atoms with van der Waals surface area (Å²) < 4.78 is 23.7. The highest BCUT2D eigenvalue weighted by atomic mass is 32.2. The minimum Gasteiger partial charge on any atom is -0.355 e. The molecule has 140 valence electrons. The molecule has 0 aliphatic heterocycles. The number of fused-ring (bicyclic) bond motifs is 1. The predicted octanol–water partition coefficient (Wildman–Crippen LogP) is 2.03. The fourth-order valence-corrected chi connectivity index (χ4v) is 3.46. The number of nitrogens with one attached hydrogen (secondary N) is 1. The highest BCUT2D eigenvalue weighted by Gasteiger charge is 2.14. The molecule has 0 fully saturated rings. The Morgan fingerprint density at radius 3 is 2.44 bits per heavy atom. The van der Waals surface area contributed by atoms with Crippen molar-refractivity contribution in [3.05, 3.63) is 59.9 Å². The summed E-state index contributed by atoms with van der Waals surface area (Å²) in [4.78, 5) is 22.4. The van der Waals surface area contributed by atoms with E-state index in [4.69, 9.17) is 0 Å². The van der Waals surface area contributed by atoms with Crippen LogP contribution in [0.5, 0.6) is 0 Å². The third-order valence-electron chi connectivity index (χ3n) is 4.24. The summed E-state index contributed by atoms with van der Waals surface area (Å²) in [6, 6.07) is 12.1. The summed E-state index contributed by atoms with van der Waals surface area (Å²) in [6.07, 6.45) is 2.64. The van der Waals surface area contributed by atoms with Crippen molar-refractivity contribution in [3.63, 3.8) is 0 Å². The number of carbonyl (C=O) groups is 1. The van der Waals surface area contributed by atoms with E-state index in [0.29, 0.717) is 28.8 Å². The number of benzene rings is 2. The van der Waals surface area contributed by atoms with Crippen LogP contribution in [0.2, 0.25) is 0 Å². The van der Waals surface area contributed by atoms with Crippen LogP contribution >= 0.6 is 0 Å². The Morgan fingerprint density at radius 1 is 1.11 bits per heavy atom. The van der Waals surface area contributed by atoms with Crippen molar-refractivity contribution in [2.24, 2.45) is 0 Å². The van der Waals surface area contributed by atoms with E-state index in [1.165, 1.54) is 12.6 Å². The van der Waals surface area contributed by atoms with Crippen molar-refractivity contribution in [1.82, 2.24) is 15.3 Å². The first-order valence-electron chi connectivity index (χ1n) is 8.26. The van der Waals surface area contributed by atoms with Gasteiger partial charge in [0.25, 0.3) is 5.91 Å². The highest BCUT2D eigenvalue weighted by molar-refractivity contribution is 7.90. The number of nitrogens with zero attached hydrogens (tertiary/aromatic N) is 3. The van der Waals surface area contributed by atoms with E-state index in [-0.39, 0.29) is 10.8 Å². The van der Waals surface area contributed by atoms with Gasteiger partial charge >= 0.3 is 0 Å². The van der Waals surface area contributed by atoms with E-state index in [0.717, 1.165) is 5.56 Å². The van der Waals surface area contributed by atoms with Crippen LogP contribution in [-0.2, 0) is 16.4 Å². The quantitative estimate of drug-likeness (QED) is 0.724. The second kappa shape index (κ2) is 7.32. The molecule has 0 saturated heterocycles. The molecule has 27 heavy (non-hydrogen) atoms. The summed E-state index contributed by atoms with van der Waals surface area (Å²) >= 11 is 0. The molecule has 8 heteroatoms. The zero-order valence-electron chi connectivity index (χ0n) is 15.3. The predicted molar refractivity (Wildman–Crippen MR) is 105 cm³/mol. The lowest BCUT2D eigenvalue weighted by Crippen LogP contribution is -2.19. The Kier molecular flexibility index (Phi) is 5.09. The second-order valence-corrected chi connectivity index (χ2v) is 8.30. The summed E-state index contributed by atoms with van der Waals surface area (Å²) in [5, 5.41) is 3.26.